The molecule has 0 aliphatic heterocycles. The highest BCUT2D eigenvalue weighted by Gasteiger charge is 2.21. The molecule has 0 aliphatic carbocycles. The van der Waals surface area contributed by atoms with E-state index >= 15 is 0 Å². The number of amides is 1. The molecule has 0 saturated heterocycles. The number of carbonyl (C=O) groups excluding carboxylic acids is 1. The van der Waals surface area contributed by atoms with Crippen molar-refractivity contribution in [1.82, 2.24) is 9.62 Å². The normalized spacial score (nSPS) is 11.3. The predicted octanol–water partition coefficient (Wildman–Crippen LogP) is 4.40. The molecule has 1 amide bonds. The van der Waals surface area contributed by atoms with Gasteiger partial charge in [-0.15, -0.1) is 0 Å². The molecular formula is C21H26BrN3O4S2. The maximum absolute atomic E-state index is 12.5. The number of nitrogens with zero attached hydrogens (tertiary/aromatic N) is 1. The van der Waals surface area contributed by atoms with Gasteiger partial charge in [-0.3, -0.25) is 10.1 Å². The average Bonchev–Trinajstić information content (AvgIpc) is 2.73. The smallest absolute Gasteiger partial charge is 0.257 e. The molecule has 0 spiro atoms. The lowest BCUT2D eigenvalue weighted by atomic mass is 10.2. The van der Waals surface area contributed by atoms with Gasteiger partial charge in [0.25, 0.3) is 5.91 Å². The summed E-state index contributed by atoms with van der Waals surface area (Å²) in [4.78, 5) is 12.7. The molecule has 0 unspecified atom stereocenters. The lowest BCUT2D eigenvalue weighted by Crippen LogP contribution is -2.34. The van der Waals surface area contributed by atoms with Crippen LogP contribution in [0.3, 0.4) is 0 Å². The van der Waals surface area contributed by atoms with Crippen molar-refractivity contribution in [3.05, 3.63) is 52.5 Å². The van der Waals surface area contributed by atoms with E-state index in [1.54, 1.807) is 44.2 Å². The van der Waals surface area contributed by atoms with E-state index in [2.05, 4.69) is 26.6 Å². The third-order valence-corrected chi connectivity index (χ3v) is 7.23. The molecule has 168 valence electrons. The summed E-state index contributed by atoms with van der Waals surface area (Å²) in [7, 11) is -3.53. The second-order valence-electron chi connectivity index (χ2n) is 6.52. The number of ether oxygens (including phenoxy) is 1. The Kier molecular flexibility index (Phi) is 9.42. The molecule has 0 aliphatic rings. The number of rotatable bonds is 9. The minimum absolute atomic E-state index is 0.104. The Morgan fingerprint density at radius 1 is 1.10 bits per heavy atom. The molecule has 0 heterocycles. The van der Waals surface area contributed by atoms with E-state index in [1.165, 1.54) is 16.4 Å². The Hall–Kier alpha value is -2.01. The number of benzene rings is 2. The van der Waals surface area contributed by atoms with Gasteiger partial charge in [0.05, 0.1) is 16.0 Å². The van der Waals surface area contributed by atoms with Crippen LogP contribution in [0.1, 0.15) is 37.6 Å². The quantitative estimate of drug-likeness (QED) is 0.470. The number of hydrogen-bond acceptors (Lipinski definition) is 5. The van der Waals surface area contributed by atoms with Crippen LogP contribution in [0, 0.1) is 0 Å². The summed E-state index contributed by atoms with van der Waals surface area (Å²) >= 11 is 8.61. The van der Waals surface area contributed by atoms with Crippen molar-refractivity contribution in [2.45, 2.75) is 32.1 Å². The number of thiocarbonyl (C=S) groups is 1. The zero-order chi connectivity index (χ0) is 23.0. The molecule has 0 aromatic heterocycles. The zero-order valence-corrected chi connectivity index (χ0v) is 20.9. The van der Waals surface area contributed by atoms with Crippen molar-refractivity contribution >= 4 is 54.9 Å². The molecule has 10 heteroatoms. The van der Waals surface area contributed by atoms with Crippen LogP contribution < -0.4 is 15.4 Å². The van der Waals surface area contributed by atoms with Gasteiger partial charge in [0.15, 0.2) is 5.11 Å². The molecule has 0 radical (unpaired) electrons. The first kappa shape index (κ1) is 25.3. The second kappa shape index (κ2) is 11.6. The Morgan fingerprint density at radius 3 is 2.29 bits per heavy atom. The summed E-state index contributed by atoms with van der Waals surface area (Å²) in [5.74, 6) is 0.292. The fourth-order valence-electron chi connectivity index (χ4n) is 2.73. The SMILES string of the molecule is CCCOc1ccc(C(=O)NC(=S)Nc2ccc(S(=O)(=O)N(CC)CC)cc2)cc1Br. The molecule has 7 nitrogen and oxygen atoms in total. The lowest BCUT2D eigenvalue weighted by Gasteiger charge is -2.18. The zero-order valence-electron chi connectivity index (χ0n) is 17.6. The van der Waals surface area contributed by atoms with Gasteiger partial charge < -0.3 is 10.1 Å². The summed E-state index contributed by atoms with van der Waals surface area (Å²) in [6.45, 7) is 6.99. The summed E-state index contributed by atoms with van der Waals surface area (Å²) in [6.07, 6.45) is 0.886. The minimum atomic E-state index is -3.53. The predicted molar refractivity (Wildman–Crippen MR) is 130 cm³/mol. The van der Waals surface area contributed by atoms with E-state index in [1.807, 2.05) is 6.92 Å². The number of hydrogen-bond donors (Lipinski definition) is 2. The van der Waals surface area contributed by atoms with Crippen LogP contribution in [0.4, 0.5) is 5.69 Å². The Balaban J connectivity index is 2.01. The van der Waals surface area contributed by atoms with E-state index in [0.29, 0.717) is 41.2 Å². The number of halogens is 1. The molecule has 2 aromatic carbocycles. The molecule has 0 bridgehead atoms. The van der Waals surface area contributed by atoms with E-state index in [4.69, 9.17) is 17.0 Å². The van der Waals surface area contributed by atoms with Gasteiger partial charge in [0.1, 0.15) is 5.75 Å². The monoisotopic (exact) mass is 527 g/mol. The Morgan fingerprint density at radius 2 is 1.74 bits per heavy atom. The van der Waals surface area contributed by atoms with Crippen LogP contribution in [0.25, 0.3) is 0 Å². The number of nitrogens with one attached hydrogen (secondary N) is 2. The maximum atomic E-state index is 12.5. The lowest BCUT2D eigenvalue weighted by molar-refractivity contribution is 0.0977. The summed E-state index contributed by atoms with van der Waals surface area (Å²) in [5, 5.41) is 5.60. The molecule has 0 saturated carbocycles. The average molecular weight is 528 g/mol. The van der Waals surface area contributed by atoms with Gasteiger partial charge in [0.2, 0.25) is 10.0 Å². The van der Waals surface area contributed by atoms with Crippen molar-refractivity contribution in [1.29, 1.82) is 0 Å². The maximum Gasteiger partial charge on any atom is 0.257 e. The fourth-order valence-corrected chi connectivity index (χ4v) is 4.89. The Bertz CT molecular complexity index is 1020. The number of anilines is 1. The number of sulfonamides is 1. The van der Waals surface area contributed by atoms with Crippen molar-refractivity contribution in [3.63, 3.8) is 0 Å². The van der Waals surface area contributed by atoms with Crippen molar-refractivity contribution in [2.24, 2.45) is 0 Å². The number of carbonyl (C=O) groups is 1. The molecular weight excluding hydrogens is 502 g/mol. The molecule has 0 fully saturated rings. The van der Waals surface area contributed by atoms with Crippen LogP contribution in [0.15, 0.2) is 51.8 Å². The third-order valence-electron chi connectivity index (χ3n) is 4.34. The first-order chi connectivity index (χ1) is 14.7. The molecule has 0 atom stereocenters. The van der Waals surface area contributed by atoms with Crippen LogP contribution in [0.2, 0.25) is 0 Å². The first-order valence-electron chi connectivity index (χ1n) is 9.87. The fraction of sp³-hybridized carbons (Fsp3) is 0.333. The van der Waals surface area contributed by atoms with Gasteiger partial charge in [-0.25, -0.2) is 8.42 Å². The minimum Gasteiger partial charge on any atom is -0.492 e. The first-order valence-corrected chi connectivity index (χ1v) is 12.5. The Labute approximate surface area is 197 Å². The van der Waals surface area contributed by atoms with Crippen molar-refractivity contribution in [2.75, 3.05) is 25.0 Å². The third kappa shape index (κ3) is 6.73. The summed E-state index contributed by atoms with van der Waals surface area (Å²) in [5.41, 5.74) is 0.980. The van der Waals surface area contributed by atoms with Crippen molar-refractivity contribution < 1.29 is 17.9 Å². The molecule has 2 N–H and O–H groups in total. The van der Waals surface area contributed by atoms with Crippen LogP contribution in [-0.2, 0) is 10.0 Å². The molecule has 2 aromatic rings. The van der Waals surface area contributed by atoms with Crippen molar-refractivity contribution in [3.8, 4) is 5.75 Å². The largest absolute Gasteiger partial charge is 0.492 e. The topological polar surface area (TPSA) is 87.7 Å². The van der Waals surface area contributed by atoms with Crippen LogP contribution >= 0.6 is 28.1 Å². The van der Waals surface area contributed by atoms with Gasteiger partial charge >= 0.3 is 0 Å². The molecule has 2 rings (SSSR count). The van der Waals surface area contributed by atoms with Gasteiger partial charge in [0, 0.05) is 24.3 Å². The van der Waals surface area contributed by atoms with E-state index < -0.39 is 10.0 Å². The van der Waals surface area contributed by atoms with Gasteiger partial charge in [-0.2, -0.15) is 4.31 Å². The highest BCUT2D eigenvalue weighted by molar-refractivity contribution is 9.10. The van der Waals surface area contributed by atoms with E-state index in [0.717, 1.165) is 6.42 Å². The molecule has 31 heavy (non-hydrogen) atoms. The highest BCUT2D eigenvalue weighted by atomic mass is 79.9. The summed E-state index contributed by atoms with van der Waals surface area (Å²) in [6, 6.07) is 11.3. The van der Waals surface area contributed by atoms with Gasteiger partial charge in [-0.05, 0) is 77.0 Å². The highest BCUT2D eigenvalue weighted by Crippen LogP contribution is 2.26. The van der Waals surface area contributed by atoms with E-state index in [9.17, 15) is 13.2 Å². The van der Waals surface area contributed by atoms with Crippen LogP contribution in [0.5, 0.6) is 5.75 Å². The summed E-state index contributed by atoms with van der Waals surface area (Å²) < 4.78 is 32.7. The van der Waals surface area contributed by atoms with Gasteiger partial charge in [-0.1, -0.05) is 20.8 Å². The van der Waals surface area contributed by atoms with Crippen LogP contribution in [-0.4, -0.2) is 43.4 Å². The van der Waals surface area contributed by atoms with E-state index in [-0.39, 0.29) is 15.9 Å². The second-order valence-corrected chi connectivity index (χ2v) is 9.72. The standard InChI is InChI=1S/C21H26BrN3O4S2/c1-4-13-29-19-12-7-15(14-18(19)22)20(26)24-21(30)23-16-8-10-17(11-9-16)31(27,28)25(5-2)6-3/h7-12,14H,4-6,13H2,1-3H3,(H2,23,24,26,30).